The van der Waals surface area contributed by atoms with Crippen molar-refractivity contribution < 1.29 is 9.52 Å². The van der Waals surface area contributed by atoms with Crippen molar-refractivity contribution >= 4 is 28.4 Å². The molecule has 41 heavy (non-hydrogen) atoms. The monoisotopic (exact) mass is 549 g/mol. The Labute approximate surface area is 234 Å². The van der Waals surface area contributed by atoms with Gasteiger partial charge in [-0.15, -0.1) is 10.2 Å². The second kappa shape index (κ2) is 11.0. The van der Waals surface area contributed by atoms with Crippen molar-refractivity contribution in [1.82, 2.24) is 34.9 Å². The van der Waals surface area contributed by atoms with Gasteiger partial charge in [0, 0.05) is 24.5 Å². The van der Waals surface area contributed by atoms with E-state index in [4.69, 9.17) is 4.42 Å². The molecule has 5 heterocycles. The van der Waals surface area contributed by atoms with E-state index in [1.807, 2.05) is 56.3 Å². The molecule has 0 aliphatic carbocycles. The van der Waals surface area contributed by atoms with Crippen LogP contribution in [0.5, 0.6) is 0 Å². The van der Waals surface area contributed by atoms with Gasteiger partial charge >= 0.3 is 0 Å². The van der Waals surface area contributed by atoms with Crippen LogP contribution in [-0.2, 0) is 0 Å². The minimum Gasteiger partial charge on any atom is -0.414 e. The minimum atomic E-state index is -0.418. The molecule has 5 aromatic heterocycles. The third kappa shape index (κ3) is 5.28. The summed E-state index contributed by atoms with van der Waals surface area (Å²) in [6, 6.07) is 19.9. The van der Waals surface area contributed by atoms with Crippen molar-refractivity contribution in [2.24, 2.45) is 0 Å². The van der Waals surface area contributed by atoms with Gasteiger partial charge in [0.2, 0.25) is 0 Å². The van der Waals surface area contributed by atoms with Crippen LogP contribution in [0, 0.1) is 0 Å². The van der Waals surface area contributed by atoms with Crippen LogP contribution in [-0.4, -0.2) is 46.6 Å². The molecule has 0 saturated carbocycles. The number of aliphatic hydroxyl groups is 1. The zero-order valence-electron chi connectivity index (χ0n) is 22.3. The predicted molar refractivity (Wildman–Crippen MR) is 155 cm³/mol. The zero-order valence-corrected chi connectivity index (χ0v) is 22.3. The number of aliphatic hydroxyl groups excluding tert-OH is 1. The number of pyridine rings is 3. The van der Waals surface area contributed by atoms with E-state index in [1.165, 1.54) is 0 Å². The van der Waals surface area contributed by atoms with Gasteiger partial charge in [-0.05, 0) is 43.7 Å². The predicted octanol–water partition coefficient (Wildman–Crippen LogP) is 4.70. The lowest BCUT2D eigenvalue weighted by molar-refractivity contribution is 0.276. The Morgan fingerprint density at radius 2 is 1.78 bits per heavy atom. The standard InChI is InChI=1S/C29H27N9O3/c1-17(2)38-26-19(27(40)37-38)11-12-24(34-26)33-25-14-22(32-23(16-39)18-8-4-3-5-9-18)20(15-31-25)28-35-36-29(41-28)21-10-6-7-13-30-21/h3-15,17,23,39H,16H2,1-2H3,(H,37,40)(H2,31,32,33,34)/t23-/m1/s1. The van der Waals surface area contributed by atoms with Gasteiger partial charge in [-0.1, -0.05) is 36.4 Å². The van der Waals surface area contributed by atoms with Crippen molar-refractivity contribution in [3.63, 3.8) is 0 Å². The normalized spacial score (nSPS) is 12.1. The van der Waals surface area contributed by atoms with E-state index >= 15 is 0 Å². The van der Waals surface area contributed by atoms with Gasteiger partial charge in [-0.3, -0.25) is 19.6 Å². The van der Waals surface area contributed by atoms with Crippen LogP contribution < -0.4 is 16.2 Å². The first kappa shape index (κ1) is 25.9. The Morgan fingerprint density at radius 3 is 2.54 bits per heavy atom. The van der Waals surface area contributed by atoms with Crippen molar-refractivity contribution in [2.75, 3.05) is 17.2 Å². The number of hydrogen-bond donors (Lipinski definition) is 4. The molecule has 12 heteroatoms. The van der Waals surface area contributed by atoms with Gasteiger partial charge in [0.05, 0.1) is 29.3 Å². The fourth-order valence-electron chi connectivity index (χ4n) is 4.45. The number of rotatable bonds is 9. The number of anilines is 3. The van der Waals surface area contributed by atoms with Crippen molar-refractivity contribution in [3.8, 4) is 23.0 Å². The Balaban J connectivity index is 1.38. The van der Waals surface area contributed by atoms with Crippen molar-refractivity contribution in [1.29, 1.82) is 0 Å². The summed E-state index contributed by atoms with van der Waals surface area (Å²) < 4.78 is 7.69. The first-order valence-electron chi connectivity index (χ1n) is 13.1. The van der Waals surface area contributed by atoms with E-state index < -0.39 is 6.04 Å². The average molecular weight is 550 g/mol. The molecule has 4 N–H and O–H groups in total. The van der Waals surface area contributed by atoms with Gasteiger partial charge in [-0.2, -0.15) is 0 Å². The van der Waals surface area contributed by atoms with Gasteiger partial charge in [-0.25, -0.2) is 9.97 Å². The Hall–Kier alpha value is -5.36. The summed E-state index contributed by atoms with van der Waals surface area (Å²) in [5.41, 5.74) is 2.95. The number of nitrogens with one attached hydrogen (secondary N) is 3. The van der Waals surface area contributed by atoms with Crippen LogP contribution in [0.25, 0.3) is 34.1 Å². The summed E-state index contributed by atoms with van der Waals surface area (Å²) >= 11 is 0. The summed E-state index contributed by atoms with van der Waals surface area (Å²) in [6.07, 6.45) is 3.26. The highest BCUT2D eigenvalue weighted by Crippen LogP contribution is 2.33. The molecule has 0 saturated heterocycles. The summed E-state index contributed by atoms with van der Waals surface area (Å²) in [4.78, 5) is 25.8. The third-order valence-corrected chi connectivity index (χ3v) is 6.50. The second-order valence-corrected chi connectivity index (χ2v) is 9.63. The molecule has 0 unspecified atom stereocenters. The highest BCUT2D eigenvalue weighted by molar-refractivity contribution is 5.79. The fourth-order valence-corrected chi connectivity index (χ4v) is 4.45. The molecule has 1 atom stereocenters. The van der Waals surface area contributed by atoms with Crippen LogP contribution in [0.3, 0.4) is 0 Å². The van der Waals surface area contributed by atoms with Crippen LogP contribution >= 0.6 is 0 Å². The maximum atomic E-state index is 12.3. The quantitative estimate of drug-likeness (QED) is 0.199. The first-order valence-corrected chi connectivity index (χ1v) is 13.1. The first-order chi connectivity index (χ1) is 20.0. The topological polar surface area (TPSA) is 160 Å². The largest absolute Gasteiger partial charge is 0.414 e. The number of hydrogen-bond acceptors (Lipinski definition) is 10. The Morgan fingerprint density at radius 1 is 0.976 bits per heavy atom. The van der Waals surface area contributed by atoms with Crippen LogP contribution in [0.2, 0.25) is 0 Å². The maximum Gasteiger partial charge on any atom is 0.273 e. The number of fused-ring (bicyclic) bond motifs is 1. The molecule has 1 aromatic carbocycles. The minimum absolute atomic E-state index is 0.0231. The van der Waals surface area contributed by atoms with Crippen molar-refractivity contribution in [3.05, 3.63) is 95.0 Å². The lowest BCUT2D eigenvalue weighted by atomic mass is 10.1. The highest BCUT2D eigenvalue weighted by atomic mass is 16.4. The molecular formula is C29H27N9O3. The summed E-state index contributed by atoms with van der Waals surface area (Å²) in [5.74, 6) is 1.50. The average Bonchev–Trinajstić information content (AvgIpc) is 3.62. The molecule has 12 nitrogen and oxygen atoms in total. The smallest absolute Gasteiger partial charge is 0.273 e. The molecule has 0 amide bonds. The second-order valence-electron chi connectivity index (χ2n) is 9.63. The number of nitrogens with zero attached hydrogens (tertiary/aromatic N) is 6. The van der Waals surface area contributed by atoms with Crippen LogP contribution in [0.15, 0.2) is 88.3 Å². The number of H-pyrrole nitrogens is 1. The Bertz CT molecular complexity index is 1850. The van der Waals surface area contributed by atoms with E-state index in [1.54, 1.807) is 41.3 Å². The lowest BCUT2D eigenvalue weighted by Crippen LogP contribution is -2.15. The molecule has 0 bridgehead atoms. The molecule has 0 spiro atoms. The maximum absolute atomic E-state index is 12.3. The lowest BCUT2D eigenvalue weighted by Gasteiger charge is -2.20. The summed E-state index contributed by atoms with van der Waals surface area (Å²) in [5, 5.41) is 28.6. The SMILES string of the molecule is CC(C)n1[nH]c(=O)c2ccc(Nc3cc(N[C@H](CO)c4ccccc4)c(-c4nnc(-c5ccccn5)o4)cn3)nc21. The van der Waals surface area contributed by atoms with E-state index in [2.05, 4.69) is 40.9 Å². The third-order valence-electron chi connectivity index (χ3n) is 6.50. The van der Waals surface area contributed by atoms with Gasteiger partial charge in [0.1, 0.15) is 17.3 Å². The summed E-state index contributed by atoms with van der Waals surface area (Å²) in [7, 11) is 0. The molecule has 6 rings (SSSR count). The van der Waals surface area contributed by atoms with E-state index in [-0.39, 0.29) is 30.0 Å². The molecule has 6 aromatic rings. The van der Waals surface area contributed by atoms with Gasteiger partial charge in [0.25, 0.3) is 17.3 Å². The number of benzene rings is 1. The molecular weight excluding hydrogens is 522 g/mol. The molecule has 0 fully saturated rings. The molecule has 0 aliphatic heterocycles. The number of aromatic amines is 1. The molecule has 0 radical (unpaired) electrons. The summed E-state index contributed by atoms with van der Waals surface area (Å²) in [6.45, 7) is 3.78. The molecule has 0 aliphatic rings. The number of aromatic nitrogens is 7. The Kier molecular flexibility index (Phi) is 6.96. The van der Waals surface area contributed by atoms with Crippen LogP contribution in [0.4, 0.5) is 17.3 Å². The molecule has 206 valence electrons. The van der Waals surface area contributed by atoms with Crippen molar-refractivity contribution in [2.45, 2.75) is 25.9 Å². The van der Waals surface area contributed by atoms with Gasteiger partial charge in [0.15, 0.2) is 5.65 Å². The van der Waals surface area contributed by atoms with Crippen LogP contribution in [0.1, 0.15) is 31.5 Å². The fraction of sp³-hybridized carbons (Fsp3) is 0.172. The van der Waals surface area contributed by atoms with Gasteiger partial charge < -0.3 is 20.2 Å². The van der Waals surface area contributed by atoms with E-state index in [0.717, 1.165) is 5.56 Å². The van der Waals surface area contributed by atoms with E-state index in [0.29, 0.717) is 39.6 Å². The van der Waals surface area contributed by atoms with E-state index in [9.17, 15) is 9.90 Å². The highest BCUT2D eigenvalue weighted by Gasteiger charge is 2.20. The zero-order chi connectivity index (χ0) is 28.3.